The summed E-state index contributed by atoms with van der Waals surface area (Å²) in [4.78, 5) is 41.4. The number of nitrogens with one attached hydrogen (secondary N) is 1. The Hall–Kier alpha value is -4.39. The number of imide groups is 1. The van der Waals surface area contributed by atoms with Gasteiger partial charge in [0, 0.05) is 0 Å². The molecule has 1 aliphatic heterocycles. The minimum Gasteiger partial charge on any atom is -0.468 e. The van der Waals surface area contributed by atoms with Gasteiger partial charge in [-0.2, -0.15) is 0 Å². The summed E-state index contributed by atoms with van der Waals surface area (Å²) in [6.07, 6.45) is 2.24. The Bertz CT molecular complexity index is 1350. The summed E-state index contributed by atoms with van der Waals surface area (Å²) < 4.78 is 11.9. The molecule has 3 aromatic carbocycles. The Balaban J connectivity index is 1.59. The van der Waals surface area contributed by atoms with E-state index in [9.17, 15) is 14.4 Å². The fourth-order valence-corrected chi connectivity index (χ4v) is 5.19. The summed E-state index contributed by atoms with van der Waals surface area (Å²) in [5, 5.41) is 3.04. The van der Waals surface area contributed by atoms with Crippen LogP contribution in [0.1, 0.15) is 61.5 Å². The van der Waals surface area contributed by atoms with E-state index in [0.29, 0.717) is 19.3 Å². The smallest absolute Gasteiger partial charge is 0.342 e. The molecule has 208 valence electrons. The van der Waals surface area contributed by atoms with Crippen LogP contribution >= 0.6 is 0 Å². The molecule has 0 aliphatic carbocycles. The van der Waals surface area contributed by atoms with Gasteiger partial charge in [-0.3, -0.25) is 4.79 Å². The highest BCUT2D eigenvalue weighted by Gasteiger charge is 2.63. The molecule has 0 radical (unpaired) electrons. The van der Waals surface area contributed by atoms with Gasteiger partial charge in [-0.15, -0.1) is 6.58 Å². The number of urea groups is 1. The van der Waals surface area contributed by atoms with Crippen LogP contribution < -0.4 is 10.1 Å². The SMILES string of the molecule is C=CC[C@@](C)(NC(=O)N1C(=O)C(CC)(CC)[C@@H]1Oc1ccccc1C(=O)OCc1ccccc1)c1ccccc1. The van der Waals surface area contributed by atoms with Crippen molar-refractivity contribution in [1.82, 2.24) is 10.2 Å². The van der Waals surface area contributed by atoms with Crippen LogP contribution in [0.4, 0.5) is 4.79 Å². The molecule has 0 saturated carbocycles. The first-order valence-corrected chi connectivity index (χ1v) is 13.6. The molecule has 0 unspecified atom stereocenters. The minimum atomic E-state index is -0.903. The van der Waals surface area contributed by atoms with Crippen molar-refractivity contribution in [3.05, 3.63) is 114 Å². The lowest BCUT2D eigenvalue weighted by Gasteiger charge is -2.53. The van der Waals surface area contributed by atoms with Crippen LogP contribution in [0.2, 0.25) is 0 Å². The molecule has 1 N–H and O–H groups in total. The number of carbonyl (C=O) groups is 3. The number of esters is 1. The fraction of sp³-hybridized carbons (Fsp3) is 0.303. The van der Waals surface area contributed by atoms with Crippen LogP contribution in [0, 0.1) is 5.41 Å². The maximum Gasteiger partial charge on any atom is 0.342 e. The fourth-order valence-electron chi connectivity index (χ4n) is 5.19. The number of amides is 3. The molecule has 3 aromatic rings. The Kier molecular flexibility index (Phi) is 8.73. The molecule has 0 bridgehead atoms. The van der Waals surface area contributed by atoms with E-state index in [4.69, 9.17) is 9.47 Å². The molecule has 7 heteroatoms. The Morgan fingerprint density at radius 2 is 1.57 bits per heavy atom. The molecule has 7 nitrogen and oxygen atoms in total. The second-order valence-electron chi connectivity index (χ2n) is 10.2. The minimum absolute atomic E-state index is 0.111. The van der Waals surface area contributed by atoms with Crippen LogP contribution in [0.3, 0.4) is 0 Å². The summed E-state index contributed by atoms with van der Waals surface area (Å²) in [7, 11) is 0. The molecule has 1 saturated heterocycles. The lowest BCUT2D eigenvalue weighted by Crippen LogP contribution is -2.74. The van der Waals surface area contributed by atoms with Gasteiger partial charge in [0.15, 0.2) is 6.23 Å². The van der Waals surface area contributed by atoms with Crippen molar-refractivity contribution in [2.24, 2.45) is 5.41 Å². The molecule has 40 heavy (non-hydrogen) atoms. The maximum atomic E-state index is 13.7. The number of rotatable bonds is 11. The molecular weight excluding hydrogens is 504 g/mol. The van der Waals surface area contributed by atoms with E-state index in [2.05, 4.69) is 11.9 Å². The van der Waals surface area contributed by atoms with Crippen LogP contribution in [-0.4, -0.2) is 29.0 Å². The van der Waals surface area contributed by atoms with Gasteiger partial charge in [0.25, 0.3) is 0 Å². The van der Waals surface area contributed by atoms with Crippen LogP contribution in [0.15, 0.2) is 97.6 Å². The third-order valence-electron chi connectivity index (χ3n) is 7.74. The van der Waals surface area contributed by atoms with Gasteiger partial charge >= 0.3 is 12.0 Å². The molecule has 1 fully saturated rings. The molecule has 2 atom stereocenters. The monoisotopic (exact) mass is 540 g/mol. The lowest BCUT2D eigenvalue weighted by molar-refractivity contribution is -0.191. The van der Waals surface area contributed by atoms with Crippen molar-refractivity contribution in [1.29, 1.82) is 0 Å². The molecule has 1 heterocycles. The van der Waals surface area contributed by atoms with Gasteiger partial charge in [-0.05, 0) is 49.4 Å². The van der Waals surface area contributed by atoms with Crippen molar-refractivity contribution in [3.8, 4) is 5.75 Å². The van der Waals surface area contributed by atoms with Crippen LogP contribution in [0.5, 0.6) is 5.75 Å². The van der Waals surface area contributed by atoms with E-state index in [1.54, 1.807) is 30.3 Å². The highest BCUT2D eigenvalue weighted by Crippen LogP contribution is 2.46. The summed E-state index contributed by atoms with van der Waals surface area (Å²) in [6, 6.07) is 25.1. The number of β-lactam (4-membered cyclic amide) rings is 1. The van der Waals surface area contributed by atoms with Gasteiger partial charge in [0.2, 0.25) is 5.91 Å². The van der Waals surface area contributed by atoms with Gasteiger partial charge < -0.3 is 14.8 Å². The number of hydrogen-bond donors (Lipinski definition) is 1. The number of carbonyl (C=O) groups excluding carboxylic acids is 3. The zero-order valence-corrected chi connectivity index (χ0v) is 23.3. The topological polar surface area (TPSA) is 84.9 Å². The van der Waals surface area contributed by atoms with E-state index in [0.717, 1.165) is 16.0 Å². The largest absolute Gasteiger partial charge is 0.468 e. The third kappa shape index (κ3) is 5.50. The number of nitrogens with zero attached hydrogens (tertiary/aromatic N) is 1. The highest BCUT2D eigenvalue weighted by atomic mass is 16.5. The van der Waals surface area contributed by atoms with Crippen molar-refractivity contribution < 1.29 is 23.9 Å². The van der Waals surface area contributed by atoms with Crippen LogP contribution in [0.25, 0.3) is 0 Å². The van der Waals surface area contributed by atoms with Crippen molar-refractivity contribution in [3.63, 3.8) is 0 Å². The summed E-state index contributed by atoms with van der Waals surface area (Å²) in [5.74, 6) is -0.612. The van der Waals surface area contributed by atoms with E-state index < -0.39 is 29.2 Å². The zero-order valence-electron chi connectivity index (χ0n) is 23.3. The Labute approximate surface area is 235 Å². The van der Waals surface area contributed by atoms with Crippen molar-refractivity contribution >= 4 is 17.9 Å². The quantitative estimate of drug-likeness (QED) is 0.168. The van der Waals surface area contributed by atoms with Gasteiger partial charge in [-0.1, -0.05) is 92.7 Å². The lowest BCUT2D eigenvalue weighted by atomic mass is 9.72. The Morgan fingerprint density at radius 3 is 2.20 bits per heavy atom. The van der Waals surface area contributed by atoms with E-state index in [1.165, 1.54) is 0 Å². The van der Waals surface area contributed by atoms with Gasteiger partial charge in [0.05, 0.1) is 5.54 Å². The number of likely N-dealkylation sites (tertiary alicyclic amines) is 1. The summed E-state index contributed by atoms with van der Waals surface area (Å²) >= 11 is 0. The number of benzene rings is 3. The highest BCUT2D eigenvalue weighted by molar-refractivity contribution is 6.03. The molecule has 4 rings (SSSR count). The van der Waals surface area contributed by atoms with Crippen molar-refractivity contribution in [2.45, 2.75) is 58.4 Å². The molecule has 1 aliphatic rings. The first-order valence-electron chi connectivity index (χ1n) is 13.6. The predicted molar refractivity (Wildman–Crippen MR) is 153 cm³/mol. The molecule has 3 amide bonds. The van der Waals surface area contributed by atoms with E-state index >= 15 is 0 Å². The number of para-hydroxylation sites is 1. The van der Waals surface area contributed by atoms with E-state index in [1.807, 2.05) is 81.4 Å². The third-order valence-corrected chi connectivity index (χ3v) is 7.74. The van der Waals surface area contributed by atoms with Crippen LogP contribution in [-0.2, 0) is 21.7 Å². The first-order chi connectivity index (χ1) is 19.3. The van der Waals surface area contributed by atoms with Gasteiger partial charge in [-0.25, -0.2) is 14.5 Å². The molecule has 0 spiro atoms. The van der Waals surface area contributed by atoms with Gasteiger partial charge in [0.1, 0.15) is 23.3 Å². The summed E-state index contributed by atoms with van der Waals surface area (Å²) in [6.45, 7) is 9.66. The number of hydrogen-bond acceptors (Lipinski definition) is 5. The van der Waals surface area contributed by atoms with Crippen molar-refractivity contribution in [2.75, 3.05) is 0 Å². The summed E-state index contributed by atoms with van der Waals surface area (Å²) in [5.41, 5.74) is 0.275. The first kappa shape index (κ1) is 28.6. The number of ether oxygens (including phenoxy) is 2. The molecule has 0 aromatic heterocycles. The predicted octanol–water partition coefficient (Wildman–Crippen LogP) is 6.60. The maximum absolute atomic E-state index is 13.7. The Morgan fingerprint density at radius 1 is 0.975 bits per heavy atom. The average molecular weight is 541 g/mol. The standard InChI is InChI=1S/C33H36N2O5/c1-5-22-32(4,25-18-12-9-13-19-25)34-31(38)35-29(37)33(6-2,7-3)30(35)40-27-21-15-14-20-26(27)28(36)39-23-24-16-10-8-11-17-24/h5,8-21,30H,1,6-7,22-23H2,2-4H3,(H,34,38)/t30-,32+/m0/s1. The second-order valence-corrected chi connectivity index (χ2v) is 10.2. The van der Waals surface area contributed by atoms with E-state index in [-0.39, 0.29) is 23.8 Å². The average Bonchev–Trinajstić information content (AvgIpc) is 2.98. The normalized spacial score (nSPS) is 17.2. The molecular formula is C33H36N2O5. The second kappa shape index (κ2) is 12.2. The zero-order chi connectivity index (χ0) is 28.8.